The number of carboxylic acid groups (broad SMARTS) is 2. The molecule has 0 radical (unpaired) electrons. The first-order chi connectivity index (χ1) is 10.2. The highest BCUT2D eigenvalue weighted by molar-refractivity contribution is 5.91. The quantitative estimate of drug-likeness (QED) is 0.211. The Morgan fingerprint density at radius 2 is 1.45 bits per heavy atom. The van der Waals surface area contributed by atoms with E-state index in [4.69, 9.17) is 26.2 Å². The lowest BCUT2D eigenvalue weighted by molar-refractivity contribution is -0.143. The molecular weight excluding hydrogens is 302 g/mol. The van der Waals surface area contributed by atoms with Crippen molar-refractivity contribution < 1.29 is 39.6 Å². The van der Waals surface area contributed by atoms with Crippen LogP contribution < -0.4 is 16.4 Å². The molecule has 0 saturated carbocycles. The molecule has 8 N–H and O–H groups in total. The van der Waals surface area contributed by atoms with Crippen molar-refractivity contribution in [2.24, 2.45) is 5.73 Å². The van der Waals surface area contributed by atoms with Crippen molar-refractivity contribution >= 4 is 23.8 Å². The molecule has 0 aliphatic heterocycles. The van der Waals surface area contributed by atoms with Gasteiger partial charge in [-0.05, 0) is 6.42 Å². The molecule has 126 valence electrons. The van der Waals surface area contributed by atoms with Crippen molar-refractivity contribution in [1.29, 1.82) is 0 Å². The monoisotopic (exact) mass is 321 g/mol. The molecule has 0 rings (SSSR count). The third-order valence-electron chi connectivity index (χ3n) is 2.61. The second-order valence-corrected chi connectivity index (χ2v) is 4.36. The fourth-order valence-electron chi connectivity index (χ4n) is 1.35. The Balaban J connectivity index is 4.70. The lowest BCUT2D eigenvalue weighted by Crippen LogP contribution is -2.56. The first-order valence-electron chi connectivity index (χ1n) is 6.25. The van der Waals surface area contributed by atoms with Crippen LogP contribution in [-0.4, -0.2) is 75.5 Å². The third kappa shape index (κ3) is 6.97. The molecule has 0 aliphatic rings. The molecule has 0 aromatic carbocycles. The molecule has 3 unspecified atom stereocenters. The molecule has 22 heavy (non-hydrogen) atoms. The van der Waals surface area contributed by atoms with Crippen LogP contribution in [0.15, 0.2) is 0 Å². The summed E-state index contributed by atoms with van der Waals surface area (Å²) in [6.45, 7) is -1.51. The SMILES string of the molecule is NC(CO)C(=O)NC(CO)C(=O)NC(CCC(=O)O)C(=O)O. The first kappa shape index (κ1) is 19.8. The lowest BCUT2D eigenvalue weighted by atomic mass is 10.1. The van der Waals surface area contributed by atoms with Crippen molar-refractivity contribution in [3.05, 3.63) is 0 Å². The van der Waals surface area contributed by atoms with Crippen LogP contribution >= 0.6 is 0 Å². The number of carboxylic acids is 2. The summed E-state index contributed by atoms with van der Waals surface area (Å²) < 4.78 is 0. The van der Waals surface area contributed by atoms with E-state index in [9.17, 15) is 19.2 Å². The number of nitrogens with one attached hydrogen (secondary N) is 2. The zero-order valence-corrected chi connectivity index (χ0v) is 11.6. The van der Waals surface area contributed by atoms with E-state index in [1.165, 1.54) is 0 Å². The standard InChI is InChI=1S/C11H19N3O8/c12-5(3-15)9(19)14-7(4-16)10(20)13-6(11(21)22)1-2-8(17)18/h5-7,15-16H,1-4,12H2,(H,13,20)(H,14,19)(H,17,18)(H,21,22). The number of carbonyl (C=O) groups excluding carboxylic acids is 2. The number of rotatable bonds is 10. The van der Waals surface area contributed by atoms with Gasteiger partial charge in [0.2, 0.25) is 11.8 Å². The summed E-state index contributed by atoms with van der Waals surface area (Å²) in [5.74, 6) is -4.61. The third-order valence-corrected chi connectivity index (χ3v) is 2.61. The van der Waals surface area contributed by atoms with Gasteiger partial charge < -0.3 is 36.8 Å². The lowest BCUT2D eigenvalue weighted by Gasteiger charge is -2.20. The summed E-state index contributed by atoms with van der Waals surface area (Å²) in [5.41, 5.74) is 5.22. The van der Waals surface area contributed by atoms with Crippen molar-refractivity contribution in [1.82, 2.24) is 10.6 Å². The maximum atomic E-state index is 11.8. The highest BCUT2D eigenvalue weighted by Crippen LogP contribution is 1.99. The molecule has 0 aromatic heterocycles. The van der Waals surface area contributed by atoms with E-state index in [1.807, 2.05) is 10.6 Å². The molecule has 0 fully saturated rings. The van der Waals surface area contributed by atoms with E-state index in [2.05, 4.69) is 0 Å². The van der Waals surface area contributed by atoms with Crippen LogP contribution in [0.5, 0.6) is 0 Å². The number of carbonyl (C=O) groups is 4. The van der Waals surface area contributed by atoms with E-state index in [-0.39, 0.29) is 6.42 Å². The fourth-order valence-corrected chi connectivity index (χ4v) is 1.35. The van der Waals surface area contributed by atoms with Gasteiger partial charge in [-0.1, -0.05) is 0 Å². The van der Waals surface area contributed by atoms with Crippen molar-refractivity contribution in [3.8, 4) is 0 Å². The van der Waals surface area contributed by atoms with E-state index < -0.39 is 61.5 Å². The second kappa shape index (κ2) is 9.65. The Labute approximate surface area is 125 Å². The molecule has 3 atom stereocenters. The molecule has 0 bridgehead atoms. The number of hydrogen-bond acceptors (Lipinski definition) is 7. The predicted octanol–water partition coefficient (Wildman–Crippen LogP) is -3.78. The first-order valence-corrected chi connectivity index (χ1v) is 6.25. The van der Waals surface area contributed by atoms with Crippen LogP contribution in [0.2, 0.25) is 0 Å². The highest BCUT2D eigenvalue weighted by Gasteiger charge is 2.27. The number of aliphatic hydroxyl groups is 2. The van der Waals surface area contributed by atoms with Crippen LogP contribution in [0.1, 0.15) is 12.8 Å². The maximum absolute atomic E-state index is 11.8. The largest absolute Gasteiger partial charge is 0.481 e. The van der Waals surface area contributed by atoms with Gasteiger partial charge in [0.05, 0.1) is 13.2 Å². The molecule has 11 heteroatoms. The molecule has 0 aliphatic carbocycles. The minimum atomic E-state index is -1.49. The Hall–Kier alpha value is -2.24. The number of hydrogen-bond donors (Lipinski definition) is 7. The zero-order chi connectivity index (χ0) is 17.3. The van der Waals surface area contributed by atoms with E-state index in [0.717, 1.165) is 0 Å². The zero-order valence-electron chi connectivity index (χ0n) is 11.6. The average molecular weight is 321 g/mol. The summed E-state index contributed by atoms with van der Waals surface area (Å²) in [4.78, 5) is 44.5. The van der Waals surface area contributed by atoms with Gasteiger partial charge in [0.15, 0.2) is 0 Å². The molecular formula is C11H19N3O8. The minimum Gasteiger partial charge on any atom is -0.481 e. The summed E-state index contributed by atoms with van der Waals surface area (Å²) in [7, 11) is 0. The van der Waals surface area contributed by atoms with Crippen LogP contribution in [0.3, 0.4) is 0 Å². The fraction of sp³-hybridized carbons (Fsp3) is 0.636. The summed E-state index contributed by atoms with van der Waals surface area (Å²) in [5, 5.41) is 39.2. The van der Waals surface area contributed by atoms with Gasteiger partial charge in [-0.25, -0.2) is 4.79 Å². The molecule has 0 aromatic rings. The molecule has 11 nitrogen and oxygen atoms in total. The number of amides is 2. The van der Waals surface area contributed by atoms with Gasteiger partial charge in [-0.3, -0.25) is 14.4 Å². The number of aliphatic carboxylic acids is 2. The van der Waals surface area contributed by atoms with Crippen LogP contribution in [0.25, 0.3) is 0 Å². The van der Waals surface area contributed by atoms with Gasteiger partial charge >= 0.3 is 11.9 Å². The van der Waals surface area contributed by atoms with Gasteiger partial charge in [-0.2, -0.15) is 0 Å². The van der Waals surface area contributed by atoms with Crippen LogP contribution in [-0.2, 0) is 19.2 Å². The smallest absolute Gasteiger partial charge is 0.326 e. The summed E-state index contributed by atoms with van der Waals surface area (Å²) in [6.07, 6.45) is -0.846. The van der Waals surface area contributed by atoms with E-state index >= 15 is 0 Å². The molecule has 0 spiro atoms. The topological polar surface area (TPSA) is 199 Å². The Kier molecular flexibility index (Phi) is 8.67. The van der Waals surface area contributed by atoms with Crippen LogP contribution in [0, 0.1) is 0 Å². The maximum Gasteiger partial charge on any atom is 0.326 e. The van der Waals surface area contributed by atoms with Crippen molar-refractivity contribution in [2.75, 3.05) is 13.2 Å². The van der Waals surface area contributed by atoms with Gasteiger partial charge in [0.25, 0.3) is 0 Å². The Morgan fingerprint density at radius 1 is 0.909 bits per heavy atom. The highest BCUT2D eigenvalue weighted by atomic mass is 16.4. The van der Waals surface area contributed by atoms with E-state index in [1.54, 1.807) is 0 Å². The molecule has 0 saturated heterocycles. The van der Waals surface area contributed by atoms with E-state index in [0.29, 0.717) is 0 Å². The second-order valence-electron chi connectivity index (χ2n) is 4.36. The number of aliphatic hydroxyl groups excluding tert-OH is 2. The minimum absolute atomic E-state index is 0.362. The summed E-state index contributed by atoms with van der Waals surface area (Å²) >= 11 is 0. The van der Waals surface area contributed by atoms with Gasteiger partial charge in [0.1, 0.15) is 18.1 Å². The van der Waals surface area contributed by atoms with Gasteiger partial charge in [-0.15, -0.1) is 0 Å². The Morgan fingerprint density at radius 3 is 1.86 bits per heavy atom. The van der Waals surface area contributed by atoms with Crippen LogP contribution in [0.4, 0.5) is 0 Å². The normalized spacial score (nSPS) is 14.5. The number of nitrogens with two attached hydrogens (primary N) is 1. The van der Waals surface area contributed by atoms with Gasteiger partial charge in [0, 0.05) is 6.42 Å². The molecule has 2 amide bonds. The predicted molar refractivity (Wildman–Crippen MR) is 70.5 cm³/mol. The summed E-state index contributed by atoms with van der Waals surface area (Å²) in [6, 6.07) is -4.26. The van der Waals surface area contributed by atoms with Crippen molar-refractivity contribution in [3.63, 3.8) is 0 Å². The molecule has 0 heterocycles. The van der Waals surface area contributed by atoms with Crippen molar-refractivity contribution in [2.45, 2.75) is 31.0 Å². The Bertz CT molecular complexity index is 428. The average Bonchev–Trinajstić information content (AvgIpc) is 2.46.